The first-order chi connectivity index (χ1) is 10.8. The van der Waals surface area contributed by atoms with Gasteiger partial charge in [-0.25, -0.2) is 9.97 Å². The Morgan fingerprint density at radius 2 is 1.59 bits per heavy atom. The highest BCUT2D eigenvalue weighted by Gasteiger charge is 1.95. The summed E-state index contributed by atoms with van der Waals surface area (Å²) in [5.74, 6) is 0. The zero-order valence-electron chi connectivity index (χ0n) is 11.6. The third-order valence-corrected chi connectivity index (χ3v) is 3.60. The standard InChI is InChI=1S/C9H7N3.C7H5BrN2/c10-3-1-8-2-5-12-6-4-11-9(12)7-8;8-6-1-3-10-4-2-9-7(10)5-6/h2,4-7H,1H2;1-5H. The maximum absolute atomic E-state index is 8.47. The summed E-state index contributed by atoms with van der Waals surface area (Å²) in [5.41, 5.74) is 2.87. The summed E-state index contributed by atoms with van der Waals surface area (Å²) in [6, 6.07) is 9.91. The zero-order chi connectivity index (χ0) is 15.4. The van der Waals surface area contributed by atoms with Crippen LogP contribution in [0.5, 0.6) is 0 Å². The quantitative estimate of drug-likeness (QED) is 0.526. The van der Waals surface area contributed by atoms with E-state index in [4.69, 9.17) is 5.26 Å². The van der Waals surface area contributed by atoms with E-state index >= 15 is 0 Å². The average Bonchev–Trinajstić information content (AvgIpc) is 3.15. The number of imidazole rings is 2. The monoisotopic (exact) mass is 353 g/mol. The lowest BCUT2D eigenvalue weighted by atomic mass is 10.2. The number of nitriles is 1. The summed E-state index contributed by atoms with van der Waals surface area (Å²) in [6.07, 6.45) is 11.6. The number of rotatable bonds is 1. The summed E-state index contributed by atoms with van der Waals surface area (Å²) >= 11 is 3.36. The predicted molar refractivity (Wildman–Crippen MR) is 87.4 cm³/mol. The van der Waals surface area contributed by atoms with E-state index in [1.807, 2.05) is 57.9 Å². The fourth-order valence-corrected chi connectivity index (χ4v) is 2.36. The molecule has 4 aromatic heterocycles. The second-order valence-corrected chi connectivity index (χ2v) is 5.52. The Bertz CT molecular complexity index is 948. The van der Waals surface area contributed by atoms with E-state index in [1.165, 1.54) is 0 Å². The highest BCUT2D eigenvalue weighted by molar-refractivity contribution is 9.10. The van der Waals surface area contributed by atoms with E-state index in [0.29, 0.717) is 6.42 Å². The van der Waals surface area contributed by atoms with Crippen LogP contribution >= 0.6 is 15.9 Å². The van der Waals surface area contributed by atoms with Gasteiger partial charge in [-0.05, 0) is 29.8 Å². The van der Waals surface area contributed by atoms with Crippen LogP contribution in [0, 0.1) is 11.3 Å². The topological polar surface area (TPSA) is 58.4 Å². The zero-order valence-corrected chi connectivity index (χ0v) is 13.2. The summed E-state index contributed by atoms with van der Waals surface area (Å²) in [6.45, 7) is 0. The molecule has 5 nitrogen and oxygen atoms in total. The second kappa shape index (κ2) is 6.41. The van der Waals surface area contributed by atoms with Gasteiger partial charge >= 0.3 is 0 Å². The van der Waals surface area contributed by atoms with Crippen molar-refractivity contribution in [2.75, 3.05) is 0 Å². The molecule has 0 amide bonds. The number of hydrogen-bond donors (Lipinski definition) is 0. The molecule has 6 heteroatoms. The van der Waals surface area contributed by atoms with Crippen molar-refractivity contribution in [1.82, 2.24) is 18.8 Å². The van der Waals surface area contributed by atoms with Crippen LogP contribution in [0.15, 0.2) is 65.9 Å². The second-order valence-electron chi connectivity index (χ2n) is 4.60. The van der Waals surface area contributed by atoms with Crippen LogP contribution < -0.4 is 0 Å². The normalized spacial score (nSPS) is 10.2. The summed E-state index contributed by atoms with van der Waals surface area (Å²) < 4.78 is 4.94. The lowest BCUT2D eigenvalue weighted by molar-refractivity contribution is 1.15. The molecule has 4 rings (SSSR count). The molecule has 0 bridgehead atoms. The molecule has 0 saturated heterocycles. The van der Waals surface area contributed by atoms with Gasteiger partial charge in [-0.1, -0.05) is 15.9 Å². The molecule has 22 heavy (non-hydrogen) atoms. The van der Waals surface area contributed by atoms with Gasteiger partial charge in [0.1, 0.15) is 11.3 Å². The molecule has 0 fully saturated rings. The van der Waals surface area contributed by atoms with Gasteiger partial charge in [0.25, 0.3) is 0 Å². The Labute approximate surface area is 135 Å². The van der Waals surface area contributed by atoms with Crippen LogP contribution in [0.3, 0.4) is 0 Å². The molecule has 0 atom stereocenters. The van der Waals surface area contributed by atoms with Gasteiger partial charge in [0.2, 0.25) is 0 Å². The van der Waals surface area contributed by atoms with Gasteiger partial charge in [0, 0.05) is 41.7 Å². The molecule has 0 N–H and O–H groups in total. The van der Waals surface area contributed by atoms with Crippen LogP contribution in [0.4, 0.5) is 0 Å². The van der Waals surface area contributed by atoms with Gasteiger partial charge in [0.15, 0.2) is 0 Å². The maximum atomic E-state index is 8.47. The van der Waals surface area contributed by atoms with Gasteiger partial charge in [0.05, 0.1) is 12.5 Å². The number of hydrogen-bond acceptors (Lipinski definition) is 3. The van der Waals surface area contributed by atoms with E-state index in [1.54, 1.807) is 12.4 Å². The lowest BCUT2D eigenvalue weighted by Crippen LogP contribution is -1.86. The van der Waals surface area contributed by atoms with E-state index in [0.717, 1.165) is 21.3 Å². The number of pyridine rings is 2. The largest absolute Gasteiger partial charge is 0.307 e. The molecule has 0 radical (unpaired) electrons. The van der Waals surface area contributed by atoms with Crippen molar-refractivity contribution in [2.24, 2.45) is 0 Å². The Balaban J connectivity index is 0.000000133. The highest BCUT2D eigenvalue weighted by atomic mass is 79.9. The van der Waals surface area contributed by atoms with Crippen LogP contribution in [0.25, 0.3) is 11.3 Å². The molecule has 0 aliphatic rings. The van der Waals surface area contributed by atoms with E-state index in [9.17, 15) is 0 Å². The fourth-order valence-electron chi connectivity index (χ4n) is 2.04. The first-order valence-electron chi connectivity index (χ1n) is 6.63. The minimum atomic E-state index is 0.448. The smallest absolute Gasteiger partial charge is 0.137 e. The first-order valence-corrected chi connectivity index (χ1v) is 7.42. The predicted octanol–water partition coefficient (Wildman–Crippen LogP) is 3.50. The van der Waals surface area contributed by atoms with Crippen molar-refractivity contribution in [2.45, 2.75) is 6.42 Å². The lowest BCUT2D eigenvalue weighted by Gasteiger charge is -1.95. The van der Waals surface area contributed by atoms with Crippen molar-refractivity contribution in [1.29, 1.82) is 5.26 Å². The molecule has 0 aliphatic heterocycles. The van der Waals surface area contributed by atoms with Crippen LogP contribution in [0.1, 0.15) is 5.56 Å². The van der Waals surface area contributed by atoms with Gasteiger partial charge in [-0.15, -0.1) is 0 Å². The summed E-state index contributed by atoms with van der Waals surface area (Å²) in [7, 11) is 0. The molecule has 4 aromatic rings. The molecular weight excluding hydrogens is 342 g/mol. The van der Waals surface area contributed by atoms with Crippen molar-refractivity contribution in [3.05, 3.63) is 71.5 Å². The summed E-state index contributed by atoms with van der Waals surface area (Å²) in [4.78, 5) is 8.23. The van der Waals surface area contributed by atoms with E-state index in [-0.39, 0.29) is 0 Å². The van der Waals surface area contributed by atoms with Crippen molar-refractivity contribution in [3.63, 3.8) is 0 Å². The number of nitrogens with zero attached hydrogens (tertiary/aromatic N) is 5. The van der Waals surface area contributed by atoms with Crippen molar-refractivity contribution in [3.8, 4) is 6.07 Å². The fraction of sp³-hybridized carbons (Fsp3) is 0.0625. The van der Waals surface area contributed by atoms with Crippen molar-refractivity contribution < 1.29 is 0 Å². The molecule has 0 spiro atoms. The van der Waals surface area contributed by atoms with Gasteiger partial charge in [-0.3, -0.25) is 0 Å². The summed E-state index contributed by atoms with van der Waals surface area (Å²) in [5, 5.41) is 8.47. The average molecular weight is 354 g/mol. The highest BCUT2D eigenvalue weighted by Crippen LogP contribution is 2.10. The first kappa shape index (κ1) is 14.3. The minimum Gasteiger partial charge on any atom is -0.307 e. The van der Waals surface area contributed by atoms with Gasteiger partial charge in [-0.2, -0.15) is 5.26 Å². The Kier molecular flexibility index (Phi) is 4.17. The third kappa shape index (κ3) is 3.15. The van der Waals surface area contributed by atoms with Crippen LogP contribution in [-0.2, 0) is 6.42 Å². The third-order valence-electron chi connectivity index (χ3n) is 3.11. The van der Waals surface area contributed by atoms with E-state index in [2.05, 4.69) is 32.0 Å². The van der Waals surface area contributed by atoms with Gasteiger partial charge < -0.3 is 8.80 Å². The molecular formula is C16H12BrN5. The Morgan fingerprint density at radius 1 is 0.955 bits per heavy atom. The molecule has 0 saturated carbocycles. The number of halogens is 1. The number of aromatic nitrogens is 4. The molecule has 0 unspecified atom stereocenters. The number of fused-ring (bicyclic) bond motifs is 2. The molecule has 0 aromatic carbocycles. The van der Waals surface area contributed by atoms with Crippen LogP contribution in [-0.4, -0.2) is 18.8 Å². The molecule has 108 valence electrons. The Morgan fingerprint density at radius 3 is 2.27 bits per heavy atom. The minimum absolute atomic E-state index is 0.448. The molecule has 4 heterocycles. The Hall–Kier alpha value is -2.65. The van der Waals surface area contributed by atoms with Crippen LogP contribution in [0.2, 0.25) is 0 Å². The SMILES string of the molecule is Brc1ccn2ccnc2c1.N#CCc1ccn2ccnc2c1. The van der Waals surface area contributed by atoms with Crippen molar-refractivity contribution >= 4 is 27.2 Å². The molecule has 0 aliphatic carbocycles. The maximum Gasteiger partial charge on any atom is 0.137 e. The van der Waals surface area contributed by atoms with E-state index < -0.39 is 0 Å².